The molecule has 0 spiro atoms. The first kappa shape index (κ1) is 47.2. The maximum atomic E-state index is 8.25. The fraction of sp³-hybridized carbons (Fsp3) is 0.0820. The second kappa shape index (κ2) is 22.5. The maximum absolute atomic E-state index is 8.25. The number of halogens is 1. The van der Waals surface area contributed by atoms with Crippen LogP contribution >= 0.6 is 0 Å². The molecule has 8 aromatic carbocycles. The summed E-state index contributed by atoms with van der Waals surface area (Å²) < 4.78 is 2.47. The van der Waals surface area contributed by atoms with Crippen molar-refractivity contribution < 1.29 is 59.3 Å². The van der Waals surface area contributed by atoms with Crippen LogP contribution in [-0.4, -0.2) is 19.0 Å². The first-order chi connectivity index (χ1) is 32.8. The Balaban J connectivity index is 0.000000160. The van der Waals surface area contributed by atoms with E-state index in [4.69, 9.17) is 5.11 Å². The fourth-order valence-electron chi connectivity index (χ4n) is 11.0. The molecule has 12 rings (SSSR count). The molecule has 326 valence electrons. The van der Waals surface area contributed by atoms with E-state index < -0.39 is 53.7 Å². The van der Waals surface area contributed by atoms with Gasteiger partial charge >= 0.3 is 400 Å². The van der Waals surface area contributed by atoms with Gasteiger partial charge in [-0.1, -0.05) is 0 Å². The second-order valence-electron chi connectivity index (χ2n) is 17.4. The van der Waals surface area contributed by atoms with Crippen molar-refractivity contribution in [1.82, 2.24) is 0 Å². The van der Waals surface area contributed by atoms with Crippen molar-refractivity contribution >= 4 is 56.9 Å². The molecule has 0 N–H and O–H groups in total. The number of benzene rings is 8. The van der Waals surface area contributed by atoms with E-state index in [0.717, 1.165) is 7.11 Å². The minimum atomic E-state index is -2.22. The van der Waals surface area contributed by atoms with Gasteiger partial charge in [0.05, 0.1) is 0 Å². The van der Waals surface area contributed by atoms with Crippen molar-refractivity contribution in [3.8, 4) is 0 Å². The van der Waals surface area contributed by atoms with Crippen LogP contribution in [0.2, 0.25) is 0 Å². The quantitative estimate of drug-likeness (QED) is 0.132. The van der Waals surface area contributed by atoms with Crippen LogP contribution < -0.4 is 38.3 Å². The van der Waals surface area contributed by atoms with Crippen LogP contribution in [-0.2, 0) is 41.8 Å². The Hall–Kier alpha value is -4.83. The van der Waals surface area contributed by atoms with Gasteiger partial charge in [0.2, 0.25) is 0 Å². The Kier molecular flexibility index (Phi) is 15.9. The molecule has 0 saturated carbocycles. The molecule has 4 unspecified atom stereocenters. The van der Waals surface area contributed by atoms with Crippen molar-refractivity contribution in [2.75, 3.05) is 7.11 Å². The van der Waals surface area contributed by atoms with E-state index in [0.29, 0.717) is 14.5 Å². The molecular weight excluding hydrogens is 1020 g/mol. The van der Waals surface area contributed by atoms with Crippen LogP contribution in [0.15, 0.2) is 243 Å². The van der Waals surface area contributed by atoms with E-state index in [-0.39, 0.29) is 12.4 Å². The van der Waals surface area contributed by atoms with Gasteiger partial charge in [-0.15, -0.1) is 0 Å². The normalized spacial score (nSPS) is 17.3. The summed E-state index contributed by atoms with van der Waals surface area (Å²) in [5.74, 6) is -2.79. The molecule has 4 aliphatic rings. The predicted molar refractivity (Wildman–Crippen MR) is 277 cm³/mol. The molecule has 0 saturated heterocycles. The van der Waals surface area contributed by atoms with Crippen molar-refractivity contribution in [2.24, 2.45) is 0 Å². The molecule has 0 aliphatic heterocycles. The summed E-state index contributed by atoms with van der Waals surface area (Å²) in [6, 6.07) is 82.4. The number of rotatable bonds is 10. The molecule has 0 radical (unpaired) electrons. The van der Waals surface area contributed by atoms with Gasteiger partial charge in [-0.3, -0.25) is 0 Å². The van der Waals surface area contributed by atoms with E-state index in [1.54, 1.807) is 43.0 Å². The molecule has 8 aromatic rings. The van der Waals surface area contributed by atoms with E-state index in [9.17, 15) is 0 Å². The first-order valence-electron chi connectivity index (χ1n) is 23.2. The molecule has 0 bridgehead atoms. The minimum absolute atomic E-state index is 0. The largest absolute Gasteiger partial charge is 1.00 e. The topological polar surface area (TPSA) is 23.1 Å². The Morgan fingerprint density at radius 2 is 0.478 bits per heavy atom. The minimum Gasteiger partial charge on any atom is -1.00 e. The third kappa shape index (κ3) is 9.89. The average Bonchev–Trinajstić information content (AvgIpc) is 4.23. The first-order valence-corrected chi connectivity index (χ1v) is 40.9. The van der Waals surface area contributed by atoms with Gasteiger partial charge in [-0.2, -0.15) is 7.11 Å². The van der Waals surface area contributed by atoms with Crippen LogP contribution in [0, 0.1) is 0 Å². The molecule has 67 heavy (non-hydrogen) atoms. The molecule has 0 fully saturated rings. The third-order valence-corrected chi connectivity index (χ3v) is 59.5. The van der Waals surface area contributed by atoms with Crippen LogP contribution in [0.25, 0.3) is 24.3 Å². The summed E-state index contributed by atoms with van der Waals surface area (Å²) in [5.41, 5.74) is 12.0. The van der Waals surface area contributed by atoms with E-state index in [1.807, 2.05) is 0 Å². The maximum Gasteiger partial charge on any atom is -0.153 e. The van der Waals surface area contributed by atoms with Crippen molar-refractivity contribution in [3.63, 3.8) is 0 Å². The molecular formula is C61H53ClOSi2Zr2. The smallest absolute Gasteiger partial charge is 0.153 e. The zero-order valence-corrected chi connectivity index (χ0v) is 45.6. The SMILES string of the molecule is C1=C[CH]([Zr+]([CH]2C=Cc3ccccc32)[SiH](c2ccccc2)c2ccccc2)c2ccccc21.C1=C[CH]([Zr+]([CH]2C=Cc3ccccc32)[SiH](c2ccccc2)c2ccccc2)c2ccccc21.C[O-].[Cl-]. The second-order valence-corrected chi connectivity index (χ2v) is 49.2. The molecule has 4 atom stereocenters. The van der Waals surface area contributed by atoms with Gasteiger partial charge < -0.3 is 17.5 Å². The Bertz CT molecular complexity index is 2600. The zero-order valence-electron chi connectivity index (χ0n) is 37.7. The number of fused-ring (bicyclic) bond motifs is 4. The summed E-state index contributed by atoms with van der Waals surface area (Å²) in [6.45, 7) is 0. The van der Waals surface area contributed by atoms with Gasteiger partial charge in [0.25, 0.3) is 0 Å². The number of hydrogen-bond donors (Lipinski definition) is 0. The summed E-state index contributed by atoms with van der Waals surface area (Å²) in [7, 11) is 0.750. The van der Waals surface area contributed by atoms with E-state index in [2.05, 4.69) is 267 Å². The molecule has 6 heteroatoms. The van der Waals surface area contributed by atoms with Gasteiger partial charge in [0.15, 0.2) is 0 Å². The van der Waals surface area contributed by atoms with Crippen molar-refractivity contribution in [2.45, 2.75) is 14.5 Å². The summed E-state index contributed by atoms with van der Waals surface area (Å²) in [6.07, 6.45) is 19.9. The summed E-state index contributed by atoms with van der Waals surface area (Å²) in [4.78, 5) is 0. The van der Waals surface area contributed by atoms with Gasteiger partial charge in [0, 0.05) is 0 Å². The summed E-state index contributed by atoms with van der Waals surface area (Å²) >= 11 is -4.44. The molecule has 0 heterocycles. The van der Waals surface area contributed by atoms with Crippen LogP contribution in [0.4, 0.5) is 0 Å². The molecule has 4 aliphatic carbocycles. The Labute approximate surface area is 420 Å². The van der Waals surface area contributed by atoms with Gasteiger partial charge in [-0.05, 0) is 0 Å². The monoisotopic (exact) mass is 1070 g/mol. The van der Waals surface area contributed by atoms with Gasteiger partial charge in [0.1, 0.15) is 0 Å². The van der Waals surface area contributed by atoms with E-state index >= 15 is 0 Å². The third-order valence-electron chi connectivity index (χ3n) is 13.8. The Morgan fingerprint density at radius 1 is 0.284 bits per heavy atom. The zero-order chi connectivity index (χ0) is 44.7. The van der Waals surface area contributed by atoms with Crippen LogP contribution in [0.5, 0.6) is 0 Å². The number of hydrogen-bond acceptors (Lipinski definition) is 1. The van der Waals surface area contributed by atoms with E-state index in [1.165, 1.54) is 22.3 Å². The fourth-order valence-corrected chi connectivity index (χ4v) is 62.8. The van der Waals surface area contributed by atoms with Gasteiger partial charge in [-0.25, -0.2) is 0 Å². The van der Waals surface area contributed by atoms with Crippen molar-refractivity contribution in [1.29, 1.82) is 0 Å². The van der Waals surface area contributed by atoms with Crippen LogP contribution in [0.1, 0.15) is 59.0 Å². The molecule has 1 nitrogen and oxygen atoms in total. The van der Waals surface area contributed by atoms with Crippen molar-refractivity contribution in [3.05, 3.63) is 287 Å². The van der Waals surface area contributed by atoms with Crippen LogP contribution in [0.3, 0.4) is 0 Å². The summed E-state index contributed by atoms with van der Waals surface area (Å²) in [5, 5.41) is 14.7. The predicted octanol–water partition coefficient (Wildman–Crippen LogP) is 7.34. The Morgan fingerprint density at radius 3 is 0.701 bits per heavy atom. The average molecular weight is 1080 g/mol. The standard InChI is InChI=1S/2C12H11Si.4C9H7.CH3O.ClH.2Zr/c2*1-3-7-11(8-4-1)13-12-9-5-2-6-10-12;4*1-2-5-9-7-3-6-8(9)4-1;1-2;;;/h2*1-10,13H;4*1-7H;1H3;1H;;/q;;;;;;-1;;2*+1/p-1. The number of allylic oxidation sites excluding steroid dienone is 4. The molecule has 0 aromatic heterocycles. The molecule has 0 amide bonds.